The number of benzene rings is 3. The van der Waals surface area contributed by atoms with Crippen molar-refractivity contribution < 1.29 is 39.9 Å². The third-order valence-electron chi connectivity index (χ3n) is 7.09. The minimum Gasteiger partial charge on any atom is -0.429 e. The molecule has 3 aromatic carbocycles. The second-order valence-corrected chi connectivity index (χ2v) is 9.93. The summed E-state index contributed by atoms with van der Waals surface area (Å²) in [5, 5.41) is 0. The highest BCUT2D eigenvalue weighted by Crippen LogP contribution is 2.38. The lowest BCUT2D eigenvalue weighted by atomic mass is 9.80. The van der Waals surface area contributed by atoms with Crippen LogP contribution >= 0.6 is 0 Å². The SMILES string of the molecule is CC1CCC(CCc2ccc(OC(F)(F)c3ccc(-c4cc(F)c(C(F)(F)F)c(F)c4)c(F)c3)cc2)CC1. The van der Waals surface area contributed by atoms with E-state index in [0.717, 1.165) is 36.5 Å². The van der Waals surface area contributed by atoms with Crippen LogP contribution in [0.15, 0.2) is 54.6 Å². The third kappa shape index (κ3) is 6.48. The zero-order valence-corrected chi connectivity index (χ0v) is 20.5. The summed E-state index contributed by atoms with van der Waals surface area (Å²) < 4.78 is 115. The van der Waals surface area contributed by atoms with E-state index in [1.807, 2.05) is 0 Å². The summed E-state index contributed by atoms with van der Waals surface area (Å²) in [4.78, 5) is 0. The molecular formula is C29H26F8O. The van der Waals surface area contributed by atoms with Crippen LogP contribution in [0.4, 0.5) is 35.1 Å². The first-order valence-corrected chi connectivity index (χ1v) is 12.4. The first-order chi connectivity index (χ1) is 17.8. The molecule has 0 saturated heterocycles. The van der Waals surface area contributed by atoms with Gasteiger partial charge in [0.1, 0.15) is 28.8 Å². The second kappa shape index (κ2) is 10.9. The van der Waals surface area contributed by atoms with E-state index in [0.29, 0.717) is 24.1 Å². The summed E-state index contributed by atoms with van der Waals surface area (Å²) in [5.74, 6) is -3.90. The first-order valence-electron chi connectivity index (χ1n) is 12.4. The summed E-state index contributed by atoms with van der Waals surface area (Å²) in [7, 11) is 0. The highest BCUT2D eigenvalue weighted by atomic mass is 19.4. The standard InChI is InChI=1S/C29H26F8O/c1-17-2-4-18(5-3-17)6-7-19-8-11-22(12-9-19)38-29(36,37)21-10-13-23(24(30)16-21)20-14-25(31)27(26(32)15-20)28(33,34)35/h8-18H,2-7H2,1H3. The van der Waals surface area contributed by atoms with Crippen molar-refractivity contribution in [3.63, 3.8) is 0 Å². The van der Waals surface area contributed by atoms with E-state index in [-0.39, 0.29) is 5.75 Å². The molecular weight excluding hydrogens is 516 g/mol. The molecule has 0 radical (unpaired) electrons. The minimum absolute atomic E-state index is 0.137. The molecule has 1 nitrogen and oxygen atoms in total. The smallest absolute Gasteiger partial charge is 0.426 e. The van der Waals surface area contributed by atoms with Gasteiger partial charge in [0, 0.05) is 5.56 Å². The van der Waals surface area contributed by atoms with Crippen molar-refractivity contribution in [2.24, 2.45) is 11.8 Å². The fourth-order valence-corrected chi connectivity index (χ4v) is 4.85. The van der Waals surface area contributed by atoms with E-state index >= 15 is 0 Å². The van der Waals surface area contributed by atoms with Gasteiger partial charge in [0.15, 0.2) is 0 Å². The molecule has 1 aliphatic rings. The van der Waals surface area contributed by atoms with E-state index in [1.54, 1.807) is 12.1 Å². The van der Waals surface area contributed by atoms with E-state index in [9.17, 15) is 35.1 Å². The van der Waals surface area contributed by atoms with Crippen LogP contribution in [-0.2, 0) is 18.7 Å². The second-order valence-electron chi connectivity index (χ2n) is 9.93. The molecule has 1 saturated carbocycles. The molecule has 0 aliphatic heterocycles. The predicted molar refractivity (Wildman–Crippen MR) is 127 cm³/mol. The summed E-state index contributed by atoms with van der Waals surface area (Å²) in [5.41, 5.74) is -3.12. The number of ether oxygens (including phenoxy) is 1. The Hall–Kier alpha value is -3.10. The molecule has 0 N–H and O–H groups in total. The Morgan fingerprint density at radius 1 is 0.763 bits per heavy atom. The van der Waals surface area contributed by atoms with Crippen LogP contribution in [0, 0.1) is 29.3 Å². The van der Waals surface area contributed by atoms with Gasteiger partial charge in [-0.2, -0.15) is 22.0 Å². The van der Waals surface area contributed by atoms with Gasteiger partial charge in [0.05, 0.1) is 5.56 Å². The van der Waals surface area contributed by atoms with Crippen LogP contribution in [-0.4, -0.2) is 0 Å². The van der Waals surface area contributed by atoms with Gasteiger partial charge in [-0.05, 0) is 72.2 Å². The monoisotopic (exact) mass is 542 g/mol. The summed E-state index contributed by atoms with van der Waals surface area (Å²) >= 11 is 0. The molecule has 0 heterocycles. The molecule has 4 rings (SSSR count). The molecule has 9 heteroatoms. The quantitative estimate of drug-likeness (QED) is 0.270. The molecule has 1 aliphatic carbocycles. The van der Waals surface area contributed by atoms with E-state index in [4.69, 9.17) is 4.74 Å². The number of rotatable bonds is 7. The first kappa shape index (κ1) is 27.9. The van der Waals surface area contributed by atoms with Gasteiger partial charge in [-0.15, -0.1) is 0 Å². The van der Waals surface area contributed by atoms with Gasteiger partial charge in [-0.3, -0.25) is 0 Å². The van der Waals surface area contributed by atoms with Gasteiger partial charge in [-0.1, -0.05) is 50.8 Å². The Labute approximate surface area is 215 Å². The van der Waals surface area contributed by atoms with Crippen LogP contribution in [0.2, 0.25) is 0 Å². The Kier molecular flexibility index (Phi) is 8.04. The van der Waals surface area contributed by atoms with Crippen molar-refractivity contribution in [1.82, 2.24) is 0 Å². The van der Waals surface area contributed by atoms with Crippen LogP contribution < -0.4 is 4.74 Å². The predicted octanol–water partition coefficient (Wildman–Crippen LogP) is 9.68. The molecule has 204 valence electrons. The van der Waals surface area contributed by atoms with Crippen LogP contribution in [0.1, 0.15) is 55.7 Å². The topological polar surface area (TPSA) is 9.23 Å². The molecule has 1 fully saturated rings. The number of alkyl halides is 5. The maximum atomic E-state index is 14.8. The van der Waals surface area contributed by atoms with E-state index < -0.39 is 52.0 Å². The van der Waals surface area contributed by atoms with Crippen molar-refractivity contribution in [3.05, 3.63) is 88.7 Å². The highest BCUT2D eigenvalue weighted by Gasteiger charge is 2.39. The van der Waals surface area contributed by atoms with Gasteiger partial charge >= 0.3 is 12.3 Å². The van der Waals surface area contributed by atoms with E-state index in [1.165, 1.54) is 37.8 Å². The van der Waals surface area contributed by atoms with Crippen molar-refractivity contribution >= 4 is 0 Å². The van der Waals surface area contributed by atoms with Crippen LogP contribution in [0.3, 0.4) is 0 Å². The summed E-state index contributed by atoms with van der Waals surface area (Å²) in [6, 6.07) is 8.83. The molecule has 0 unspecified atom stereocenters. The molecule has 0 spiro atoms. The molecule has 3 aromatic rings. The zero-order valence-electron chi connectivity index (χ0n) is 20.5. The van der Waals surface area contributed by atoms with Crippen molar-refractivity contribution in [3.8, 4) is 16.9 Å². The summed E-state index contributed by atoms with van der Waals surface area (Å²) in [6.45, 7) is 2.26. The lowest BCUT2D eigenvalue weighted by Crippen LogP contribution is -2.22. The van der Waals surface area contributed by atoms with E-state index in [2.05, 4.69) is 6.92 Å². The Morgan fingerprint density at radius 2 is 1.37 bits per heavy atom. The van der Waals surface area contributed by atoms with Crippen LogP contribution in [0.25, 0.3) is 11.1 Å². The molecule has 0 aromatic heterocycles. The Balaban J connectivity index is 1.44. The maximum Gasteiger partial charge on any atom is 0.426 e. The normalized spacial score (nSPS) is 18.4. The highest BCUT2D eigenvalue weighted by molar-refractivity contribution is 5.65. The fourth-order valence-electron chi connectivity index (χ4n) is 4.85. The van der Waals surface area contributed by atoms with Crippen molar-refractivity contribution in [1.29, 1.82) is 0 Å². The Bertz CT molecular complexity index is 1240. The molecule has 0 bridgehead atoms. The van der Waals surface area contributed by atoms with Crippen molar-refractivity contribution in [2.45, 2.75) is 57.7 Å². The number of halogens is 8. The average Bonchev–Trinajstić information content (AvgIpc) is 2.83. The number of hydrogen-bond donors (Lipinski definition) is 0. The summed E-state index contributed by atoms with van der Waals surface area (Å²) in [6.07, 6.45) is -2.52. The van der Waals surface area contributed by atoms with Crippen LogP contribution in [0.5, 0.6) is 5.75 Å². The lowest BCUT2D eigenvalue weighted by Gasteiger charge is -2.26. The van der Waals surface area contributed by atoms with Gasteiger partial charge in [-0.25, -0.2) is 13.2 Å². The number of aryl methyl sites for hydroxylation is 1. The largest absolute Gasteiger partial charge is 0.429 e. The minimum atomic E-state index is -5.29. The molecule has 0 atom stereocenters. The van der Waals surface area contributed by atoms with Gasteiger partial charge in [0.25, 0.3) is 0 Å². The van der Waals surface area contributed by atoms with Gasteiger partial charge in [0.2, 0.25) is 0 Å². The number of hydrogen-bond acceptors (Lipinski definition) is 1. The third-order valence-corrected chi connectivity index (χ3v) is 7.09. The molecule has 38 heavy (non-hydrogen) atoms. The Morgan fingerprint density at radius 3 is 1.92 bits per heavy atom. The average molecular weight is 543 g/mol. The fraction of sp³-hybridized carbons (Fsp3) is 0.379. The van der Waals surface area contributed by atoms with Crippen molar-refractivity contribution in [2.75, 3.05) is 0 Å². The lowest BCUT2D eigenvalue weighted by molar-refractivity contribution is -0.185. The zero-order chi connectivity index (χ0) is 27.7. The molecule has 0 amide bonds. The maximum absolute atomic E-state index is 14.8. The van der Waals surface area contributed by atoms with Gasteiger partial charge < -0.3 is 4.74 Å².